The van der Waals surface area contributed by atoms with Gasteiger partial charge in [-0.2, -0.15) is 4.99 Å². The summed E-state index contributed by atoms with van der Waals surface area (Å²) in [6, 6.07) is 22.3. The third-order valence-electron chi connectivity index (χ3n) is 4.71. The lowest BCUT2D eigenvalue weighted by Crippen LogP contribution is -2.24. The molecule has 4 rings (SSSR count). The number of guanidine groups is 1. The van der Waals surface area contributed by atoms with Crippen molar-refractivity contribution in [3.63, 3.8) is 0 Å². The zero-order valence-electron chi connectivity index (χ0n) is 15.0. The number of aryl methyl sites for hydroxylation is 1. The Morgan fingerprint density at radius 1 is 0.926 bits per heavy atom. The number of nitrogens with zero attached hydrogens (tertiary/aromatic N) is 2. The number of hydrogen-bond donors (Lipinski definition) is 2. The summed E-state index contributed by atoms with van der Waals surface area (Å²) in [5, 5.41) is 2.25. The average Bonchev–Trinajstić information content (AvgIpc) is 2.96. The first-order valence-corrected chi connectivity index (χ1v) is 8.73. The second kappa shape index (κ2) is 6.61. The SMILES string of the molecule is Cc1ccc(Cn2c3ccccc3c3ccc(C(=O)N=C(N)N)cc32)cc1. The molecule has 4 aromatic rings. The van der Waals surface area contributed by atoms with E-state index in [0.29, 0.717) is 12.1 Å². The van der Waals surface area contributed by atoms with Crippen molar-refractivity contribution in [2.75, 3.05) is 0 Å². The first-order chi connectivity index (χ1) is 13.0. The molecule has 1 aromatic heterocycles. The van der Waals surface area contributed by atoms with E-state index in [9.17, 15) is 4.79 Å². The van der Waals surface area contributed by atoms with Gasteiger partial charge >= 0.3 is 0 Å². The fourth-order valence-electron chi connectivity index (χ4n) is 3.41. The number of aliphatic imine (C=N–C) groups is 1. The molecule has 134 valence electrons. The van der Waals surface area contributed by atoms with Crippen LogP contribution in [0.15, 0.2) is 71.7 Å². The van der Waals surface area contributed by atoms with Gasteiger partial charge in [-0.15, -0.1) is 0 Å². The molecule has 4 N–H and O–H groups in total. The number of benzene rings is 3. The molecule has 27 heavy (non-hydrogen) atoms. The van der Waals surface area contributed by atoms with E-state index in [4.69, 9.17) is 11.5 Å². The number of rotatable bonds is 3. The lowest BCUT2D eigenvalue weighted by molar-refractivity contribution is 0.100. The summed E-state index contributed by atoms with van der Waals surface area (Å²) in [6.45, 7) is 2.79. The van der Waals surface area contributed by atoms with Crippen LogP contribution in [0.5, 0.6) is 0 Å². The number of amides is 1. The van der Waals surface area contributed by atoms with Crippen LogP contribution < -0.4 is 11.5 Å². The summed E-state index contributed by atoms with van der Waals surface area (Å²) in [6.07, 6.45) is 0. The van der Waals surface area contributed by atoms with Gasteiger partial charge in [-0.3, -0.25) is 4.79 Å². The first-order valence-electron chi connectivity index (χ1n) is 8.73. The van der Waals surface area contributed by atoms with E-state index in [-0.39, 0.29) is 5.96 Å². The van der Waals surface area contributed by atoms with Gasteiger partial charge in [0.25, 0.3) is 5.91 Å². The molecule has 0 atom stereocenters. The van der Waals surface area contributed by atoms with E-state index >= 15 is 0 Å². The van der Waals surface area contributed by atoms with Crippen molar-refractivity contribution in [2.45, 2.75) is 13.5 Å². The highest BCUT2D eigenvalue weighted by molar-refractivity contribution is 6.11. The molecule has 0 spiro atoms. The Kier molecular flexibility index (Phi) is 4.12. The van der Waals surface area contributed by atoms with Gasteiger partial charge in [0, 0.05) is 28.4 Å². The molecule has 1 amide bonds. The number of fused-ring (bicyclic) bond motifs is 3. The maximum atomic E-state index is 12.3. The zero-order valence-corrected chi connectivity index (χ0v) is 15.0. The van der Waals surface area contributed by atoms with Gasteiger partial charge in [-0.1, -0.05) is 54.1 Å². The molecule has 3 aromatic carbocycles. The van der Waals surface area contributed by atoms with Gasteiger partial charge < -0.3 is 16.0 Å². The Morgan fingerprint density at radius 3 is 2.37 bits per heavy atom. The second-order valence-electron chi connectivity index (χ2n) is 6.66. The third-order valence-corrected chi connectivity index (χ3v) is 4.71. The number of para-hydroxylation sites is 1. The molecule has 0 aliphatic carbocycles. The van der Waals surface area contributed by atoms with E-state index < -0.39 is 5.91 Å². The predicted octanol–water partition coefficient (Wildman–Crippen LogP) is 3.56. The molecular weight excluding hydrogens is 336 g/mol. The van der Waals surface area contributed by atoms with E-state index in [1.165, 1.54) is 11.1 Å². The van der Waals surface area contributed by atoms with Crippen LogP contribution in [0.4, 0.5) is 0 Å². The molecule has 0 aliphatic rings. The fourth-order valence-corrected chi connectivity index (χ4v) is 3.41. The van der Waals surface area contributed by atoms with Gasteiger partial charge in [-0.25, -0.2) is 0 Å². The monoisotopic (exact) mass is 356 g/mol. The largest absolute Gasteiger partial charge is 0.370 e. The van der Waals surface area contributed by atoms with E-state index in [1.807, 2.05) is 24.3 Å². The first kappa shape index (κ1) is 16.8. The van der Waals surface area contributed by atoms with Gasteiger partial charge in [0.1, 0.15) is 0 Å². The Hall–Kier alpha value is -3.60. The van der Waals surface area contributed by atoms with Gasteiger partial charge in [-0.05, 0) is 30.7 Å². The van der Waals surface area contributed by atoms with Gasteiger partial charge in [0.15, 0.2) is 5.96 Å². The zero-order chi connectivity index (χ0) is 19.0. The van der Waals surface area contributed by atoms with Crippen LogP contribution in [0.1, 0.15) is 21.5 Å². The van der Waals surface area contributed by atoms with Crippen LogP contribution >= 0.6 is 0 Å². The quantitative estimate of drug-likeness (QED) is 0.435. The van der Waals surface area contributed by atoms with Gasteiger partial charge in [0.2, 0.25) is 0 Å². The third kappa shape index (κ3) is 3.15. The van der Waals surface area contributed by atoms with Crippen molar-refractivity contribution in [1.29, 1.82) is 0 Å². The summed E-state index contributed by atoms with van der Waals surface area (Å²) in [7, 11) is 0. The van der Waals surface area contributed by atoms with Crippen molar-refractivity contribution in [3.8, 4) is 0 Å². The maximum Gasteiger partial charge on any atom is 0.280 e. The molecule has 1 heterocycles. The molecule has 5 nitrogen and oxygen atoms in total. The van der Waals surface area contributed by atoms with Crippen molar-refractivity contribution < 1.29 is 4.79 Å². The minimum atomic E-state index is -0.441. The number of nitrogens with two attached hydrogens (primary N) is 2. The summed E-state index contributed by atoms with van der Waals surface area (Å²) in [5.41, 5.74) is 15.7. The van der Waals surface area contributed by atoms with Crippen molar-refractivity contribution in [2.24, 2.45) is 16.5 Å². The van der Waals surface area contributed by atoms with Crippen LogP contribution in [0.25, 0.3) is 21.8 Å². The molecular formula is C22H20N4O. The van der Waals surface area contributed by atoms with Crippen LogP contribution in [0.3, 0.4) is 0 Å². The van der Waals surface area contributed by atoms with Gasteiger partial charge in [0.05, 0.1) is 5.52 Å². The predicted molar refractivity (Wildman–Crippen MR) is 110 cm³/mol. The molecule has 0 saturated heterocycles. The van der Waals surface area contributed by atoms with Crippen molar-refractivity contribution >= 4 is 33.7 Å². The van der Waals surface area contributed by atoms with Crippen molar-refractivity contribution in [1.82, 2.24) is 4.57 Å². The minimum Gasteiger partial charge on any atom is -0.370 e. The Balaban J connectivity index is 1.91. The molecule has 0 unspecified atom stereocenters. The molecule has 0 fully saturated rings. The normalized spacial score (nSPS) is 11.0. The molecule has 0 aliphatic heterocycles. The van der Waals surface area contributed by atoms with E-state index in [0.717, 1.165) is 21.8 Å². The lowest BCUT2D eigenvalue weighted by atomic mass is 10.1. The lowest BCUT2D eigenvalue weighted by Gasteiger charge is -2.09. The van der Waals surface area contributed by atoms with E-state index in [1.54, 1.807) is 6.07 Å². The summed E-state index contributed by atoms with van der Waals surface area (Å²) in [5.74, 6) is -0.677. The number of aromatic nitrogens is 1. The summed E-state index contributed by atoms with van der Waals surface area (Å²) in [4.78, 5) is 15.9. The minimum absolute atomic E-state index is 0.236. The molecule has 5 heteroatoms. The molecule has 0 bridgehead atoms. The van der Waals surface area contributed by atoms with Crippen LogP contribution in [-0.2, 0) is 6.54 Å². The Labute approximate surface area is 156 Å². The summed E-state index contributed by atoms with van der Waals surface area (Å²) >= 11 is 0. The number of carbonyl (C=O) groups excluding carboxylic acids is 1. The Bertz CT molecular complexity index is 1180. The van der Waals surface area contributed by atoms with E-state index in [2.05, 4.69) is 52.9 Å². The number of hydrogen-bond acceptors (Lipinski definition) is 1. The Morgan fingerprint density at radius 2 is 1.63 bits per heavy atom. The highest BCUT2D eigenvalue weighted by Gasteiger charge is 2.13. The highest BCUT2D eigenvalue weighted by atomic mass is 16.1. The van der Waals surface area contributed by atoms with Crippen molar-refractivity contribution in [3.05, 3.63) is 83.4 Å². The fraction of sp³-hybridized carbons (Fsp3) is 0.0909. The standard InChI is InChI=1S/C22H20N4O/c1-14-6-8-15(9-7-14)13-26-19-5-3-2-4-17(19)18-11-10-16(12-20(18)26)21(27)25-22(23)24/h2-12H,13H2,1H3,(H4,23,24,25,27). The number of carbonyl (C=O) groups is 1. The summed E-state index contributed by atoms with van der Waals surface area (Å²) < 4.78 is 2.22. The van der Waals surface area contributed by atoms with Crippen LogP contribution in [0, 0.1) is 6.92 Å². The molecule has 0 radical (unpaired) electrons. The molecule has 0 saturated carbocycles. The van der Waals surface area contributed by atoms with Crippen LogP contribution in [0.2, 0.25) is 0 Å². The maximum absolute atomic E-state index is 12.3. The highest BCUT2D eigenvalue weighted by Crippen LogP contribution is 2.30. The average molecular weight is 356 g/mol. The smallest absolute Gasteiger partial charge is 0.280 e. The topological polar surface area (TPSA) is 86.4 Å². The second-order valence-corrected chi connectivity index (χ2v) is 6.66. The van der Waals surface area contributed by atoms with Crippen LogP contribution in [-0.4, -0.2) is 16.4 Å².